The molecule has 7 nitrogen and oxygen atoms in total. The van der Waals surface area contributed by atoms with Crippen molar-refractivity contribution in [2.75, 3.05) is 13.1 Å². The molecule has 0 amide bonds. The lowest BCUT2D eigenvalue weighted by Gasteiger charge is -2.31. The molecule has 3 aromatic rings. The maximum Gasteiger partial charge on any atom is 0.342 e. The average molecular weight is 448 g/mol. The van der Waals surface area contributed by atoms with Gasteiger partial charge in [-0.2, -0.15) is 0 Å². The summed E-state index contributed by atoms with van der Waals surface area (Å²) in [5, 5.41) is 15.5. The number of benzene rings is 2. The number of nitro groups is 1. The van der Waals surface area contributed by atoms with E-state index in [4.69, 9.17) is 4.52 Å². The first-order valence-corrected chi connectivity index (χ1v) is 11.5. The zero-order chi connectivity index (χ0) is 23.4. The van der Waals surface area contributed by atoms with Crippen molar-refractivity contribution in [3.63, 3.8) is 0 Å². The molecule has 1 fully saturated rings. The second-order valence-electron chi connectivity index (χ2n) is 8.91. The predicted molar refractivity (Wildman–Crippen MR) is 125 cm³/mol. The first-order valence-electron chi connectivity index (χ1n) is 11.5. The molecule has 172 valence electrons. The third kappa shape index (κ3) is 4.88. The molecular weight excluding hydrogens is 418 g/mol. The van der Waals surface area contributed by atoms with Crippen LogP contribution < -0.4 is 0 Å². The zero-order valence-corrected chi connectivity index (χ0v) is 19.0. The van der Waals surface area contributed by atoms with Gasteiger partial charge in [0.15, 0.2) is 5.78 Å². The van der Waals surface area contributed by atoms with E-state index < -0.39 is 4.92 Å². The fourth-order valence-corrected chi connectivity index (χ4v) is 4.73. The van der Waals surface area contributed by atoms with Crippen molar-refractivity contribution in [2.45, 2.75) is 45.1 Å². The molecule has 0 N–H and O–H groups in total. The Balaban J connectivity index is 1.57. The minimum atomic E-state index is -0.539. The molecule has 0 bridgehead atoms. The van der Waals surface area contributed by atoms with E-state index in [2.05, 4.69) is 34.3 Å². The van der Waals surface area contributed by atoms with E-state index in [0.717, 1.165) is 13.0 Å². The number of nitrogens with zero attached hydrogens (tertiary/aromatic N) is 3. The number of hydrogen-bond acceptors (Lipinski definition) is 6. The van der Waals surface area contributed by atoms with Crippen molar-refractivity contribution in [3.8, 4) is 0 Å². The fourth-order valence-electron chi connectivity index (χ4n) is 4.73. The summed E-state index contributed by atoms with van der Waals surface area (Å²) >= 11 is 0. The molecule has 1 saturated heterocycles. The number of ketones is 1. The minimum Gasteiger partial charge on any atom is -0.353 e. The van der Waals surface area contributed by atoms with Crippen molar-refractivity contribution in [3.05, 3.63) is 93.4 Å². The van der Waals surface area contributed by atoms with E-state index in [1.807, 2.05) is 36.4 Å². The van der Waals surface area contributed by atoms with Gasteiger partial charge in [0.2, 0.25) is 11.5 Å². The van der Waals surface area contributed by atoms with Gasteiger partial charge in [-0.3, -0.25) is 19.8 Å². The fraction of sp³-hybridized carbons (Fsp3) is 0.385. The highest BCUT2D eigenvalue weighted by Gasteiger charge is 2.37. The normalized spacial score (nSPS) is 17.3. The van der Waals surface area contributed by atoms with Crippen LogP contribution in [0.1, 0.15) is 72.4 Å². The van der Waals surface area contributed by atoms with Gasteiger partial charge in [0.1, 0.15) is 0 Å². The van der Waals surface area contributed by atoms with Crippen LogP contribution in [0, 0.1) is 16.0 Å². The summed E-state index contributed by atoms with van der Waals surface area (Å²) < 4.78 is 5.21. The van der Waals surface area contributed by atoms with E-state index in [1.165, 1.54) is 11.1 Å². The summed E-state index contributed by atoms with van der Waals surface area (Å²) in [5.41, 5.74) is 2.01. The molecule has 1 atom stereocenters. The maximum absolute atomic E-state index is 13.3. The van der Waals surface area contributed by atoms with Crippen molar-refractivity contribution >= 4 is 11.5 Å². The Morgan fingerprint density at radius 3 is 2.18 bits per heavy atom. The van der Waals surface area contributed by atoms with Crippen LogP contribution in [-0.2, 0) is 0 Å². The monoisotopic (exact) mass is 447 g/mol. The summed E-state index contributed by atoms with van der Waals surface area (Å²) in [4.78, 5) is 26.8. The van der Waals surface area contributed by atoms with Crippen LogP contribution in [0.2, 0.25) is 0 Å². The van der Waals surface area contributed by atoms with E-state index in [0.29, 0.717) is 19.4 Å². The summed E-state index contributed by atoms with van der Waals surface area (Å²) in [6.45, 7) is 5.14. The van der Waals surface area contributed by atoms with Gasteiger partial charge < -0.3 is 4.52 Å². The van der Waals surface area contributed by atoms with E-state index in [1.54, 1.807) is 13.8 Å². The molecule has 2 aromatic carbocycles. The van der Waals surface area contributed by atoms with Crippen molar-refractivity contribution in [1.82, 2.24) is 10.1 Å². The van der Waals surface area contributed by atoms with E-state index in [-0.39, 0.29) is 40.8 Å². The number of Topliss-reactive ketones (excluding diaryl/α,β-unsaturated/α-hetero) is 1. The van der Waals surface area contributed by atoms with Gasteiger partial charge in [-0.05, 0) is 43.5 Å². The van der Waals surface area contributed by atoms with Gasteiger partial charge in [-0.1, -0.05) is 79.7 Å². The Morgan fingerprint density at radius 1 is 1.03 bits per heavy atom. The lowest BCUT2D eigenvalue weighted by molar-refractivity contribution is -0.386. The highest BCUT2D eigenvalue weighted by atomic mass is 16.6. The Kier molecular flexibility index (Phi) is 6.99. The van der Waals surface area contributed by atoms with Crippen LogP contribution in [0.5, 0.6) is 0 Å². The third-order valence-electron chi connectivity index (χ3n) is 6.36. The molecule has 1 aliphatic heterocycles. The van der Waals surface area contributed by atoms with Crippen molar-refractivity contribution in [2.24, 2.45) is 5.92 Å². The minimum absolute atomic E-state index is 0.0928. The maximum atomic E-state index is 13.3. The van der Waals surface area contributed by atoms with Crippen LogP contribution in [0.15, 0.2) is 65.2 Å². The molecule has 0 radical (unpaired) electrons. The molecule has 0 saturated carbocycles. The van der Waals surface area contributed by atoms with Gasteiger partial charge in [-0.25, -0.2) is 0 Å². The number of rotatable bonds is 7. The molecule has 7 heteroatoms. The Morgan fingerprint density at radius 2 is 1.64 bits per heavy atom. The Hall–Kier alpha value is -3.32. The lowest BCUT2D eigenvalue weighted by Crippen LogP contribution is -2.31. The highest BCUT2D eigenvalue weighted by molar-refractivity contribution is 5.99. The first kappa shape index (κ1) is 22.9. The summed E-state index contributed by atoms with van der Waals surface area (Å²) in [6.07, 6.45) is 2.12. The first-order chi connectivity index (χ1) is 16.0. The van der Waals surface area contributed by atoms with Crippen LogP contribution in [0.25, 0.3) is 0 Å². The average Bonchev–Trinajstić information content (AvgIpc) is 3.15. The van der Waals surface area contributed by atoms with Gasteiger partial charge in [0.25, 0.3) is 0 Å². The van der Waals surface area contributed by atoms with Crippen LogP contribution >= 0.6 is 0 Å². The van der Waals surface area contributed by atoms with Gasteiger partial charge in [0.05, 0.1) is 11.0 Å². The van der Waals surface area contributed by atoms with Crippen LogP contribution in [-0.4, -0.2) is 33.9 Å². The molecule has 33 heavy (non-hydrogen) atoms. The van der Waals surface area contributed by atoms with Gasteiger partial charge in [0, 0.05) is 11.8 Å². The quantitative estimate of drug-likeness (QED) is 0.259. The second-order valence-corrected chi connectivity index (χ2v) is 8.91. The second kappa shape index (κ2) is 10.1. The molecule has 0 spiro atoms. The molecular formula is C26H29N3O4. The Bertz CT molecular complexity index is 1060. The number of aromatic nitrogens is 1. The largest absolute Gasteiger partial charge is 0.353 e. The van der Waals surface area contributed by atoms with Crippen LogP contribution in [0.3, 0.4) is 0 Å². The molecule has 1 aromatic heterocycles. The van der Waals surface area contributed by atoms with Gasteiger partial charge in [-0.15, -0.1) is 0 Å². The molecule has 1 aliphatic rings. The molecule has 1 unspecified atom stereocenters. The number of likely N-dealkylation sites (tertiary alicyclic amines) is 1. The van der Waals surface area contributed by atoms with Crippen LogP contribution in [0.4, 0.5) is 5.69 Å². The summed E-state index contributed by atoms with van der Waals surface area (Å²) in [5.74, 6) is -0.658. The van der Waals surface area contributed by atoms with Crippen molar-refractivity contribution < 1.29 is 14.2 Å². The number of carbonyl (C=O) groups excluding carboxylic acids is 1. The third-order valence-corrected chi connectivity index (χ3v) is 6.36. The summed E-state index contributed by atoms with van der Waals surface area (Å²) in [7, 11) is 0. The number of hydrogen-bond donors (Lipinski definition) is 0. The standard InChI is InChI=1S/C26H29N3O4/c1-18(2)26-24(29(31)32)22(27-33-26)25(30)21-14-9-16-28(17-15-21)23(19-10-5-3-6-11-19)20-12-7-4-8-13-20/h3-8,10-13,18,21,23H,9,14-17H2,1-2H3. The topological polar surface area (TPSA) is 89.5 Å². The molecule has 4 rings (SSSR count). The SMILES string of the molecule is CC(C)c1onc(C(=O)C2CCCN(C(c3ccccc3)c3ccccc3)CC2)c1[N+](=O)[O-]. The molecule has 0 aliphatic carbocycles. The van der Waals surface area contributed by atoms with Crippen molar-refractivity contribution in [1.29, 1.82) is 0 Å². The van der Waals surface area contributed by atoms with E-state index in [9.17, 15) is 14.9 Å². The zero-order valence-electron chi connectivity index (χ0n) is 19.0. The van der Waals surface area contributed by atoms with E-state index >= 15 is 0 Å². The smallest absolute Gasteiger partial charge is 0.342 e. The highest BCUT2D eigenvalue weighted by Crippen LogP contribution is 2.35. The lowest BCUT2D eigenvalue weighted by atomic mass is 9.92. The number of carbonyl (C=O) groups is 1. The summed E-state index contributed by atoms with van der Waals surface area (Å²) in [6, 6.07) is 20.9. The van der Waals surface area contributed by atoms with Gasteiger partial charge >= 0.3 is 5.69 Å². The Labute approximate surface area is 193 Å². The molecule has 2 heterocycles. The predicted octanol–water partition coefficient (Wildman–Crippen LogP) is 5.78.